The largest absolute Gasteiger partial charge is 0.307 e. The minimum absolute atomic E-state index is 0.0293. The Labute approximate surface area is 207 Å². The van der Waals surface area contributed by atoms with Gasteiger partial charge >= 0.3 is 4.87 Å². The average Bonchev–Trinajstić information content (AvgIpc) is 3.54. The van der Waals surface area contributed by atoms with Gasteiger partial charge in [0.1, 0.15) is 5.82 Å². The molecule has 0 unspecified atom stereocenters. The van der Waals surface area contributed by atoms with Crippen molar-refractivity contribution in [1.82, 2.24) is 4.98 Å². The molecule has 3 heterocycles. The van der Waals surface area contributed by atoms with E-state index in [4.69, 9.17) is 11.6 Å². The van der Waals surface area contributed by atoms with Crippen LogP contribution < -0.4 is 9.77 Å². The predicted octanol–water partition coefficient (Wildman–Crippen LogP) is 4.91. The number of benzene rings is 2. The van der Waals surface area contributed by atoms with Crippen LogP contribution in [0.3, 0.4) is 0 Å². The lowest BCUT2D eigenvalue weighted by Gasteiger charge is -2.43. The molecule has 2 amide bonds. The normalized spacial score (nSPS) is 33.2. The maximum Gasteiger partial charge on any atom is 0.305 e. The third kappa shape index (κ3) is 2.76. The monoisotopic (exact) mass is 512 g/mol. The first-order valence-electron chi connectivity index (χ1n) is 11.2. The van der Waals surface area contributed by atoms with E-state index in [0.29, 0.717) is 10.7 Å². The Morgan fingerprint density at radius 2 is 1.62 bits per heavy atom. The van der Waals surface area contributed by atoms with Gasteiger partial charge in [-0.1, -0.05) is 35.1 Å². The van der Waals surface area contributed by atoms with Crippen LogP contribution in [-0.4, -0.2) is 22.0 Å². The number of rotatable bonds is 2. The molecule has 1 aromatic heterocycles. The SMILES string of the molecule is O=C1[C@@H]2[C@H]3C[C@@H]([C@@H]2C(=O)N1c1ccc(Cl)cc1)[C@@H]1[C@@H](c2ccc(F)cc2)c2sc(=O)[nH]c2S[C@@H]31. The van der Waals surface area contributed by atoms with E-state index in [-0.39, 0.29) is 63.3 Å². The summed E-state index contributed by atoms with van der Waals surface area (Å²) in [6.45, 7) is 0. The van der Waals surface area contributed by atoms with Gasteiger partial charge in [0.05, 0.1) is 22.5 Å². The second kappa shape index (κ2) is 7.29. The van der Waals surface area contributed by atoms with Gasteiger partial charge in [0.2, 0.25) is 11.8 Å². The molecule has 2 bridgehead atoms. The number of thiazole rings is 1. The summed E-state index contributed by atoms with van der Waals surface area (Å²) in [4.78, 5) is 44.6. The van der Waals surface area contributed by atoms with Gasteiger partial charge < -0.3 is 4.98 Å². The molecular formula is C25H18ClFN2O3S2. The number of hydrogen-bond acceptors (Lipinski definition) is 5. The number of nitrogens with zero attached hydrogens (tertiary/aromatic N) is 1. The van der Waals surface area contributed by atoms with Gasteiger partial charge in [-0.2, -0.15) is 0 Å². The Balaban J connectivity index is 1.32. The van der Waals surface area contributed by atoms with E-state index in [9.17, 15) is 18.8 Å². The number of halogens is 2. The van der Waals surface area contributed by atoms with E-state index in [2.05, 4.69) is 4.98 Å². The molecule has 1 saturated heterocycles. The molecule has 0 radical (unpaired) electrons. The Morgan fingerprint density at radius 1 is 0.941 bits per heavy atom. The minimum Gasteiger partial charge on any atom is -0.307 e. The number of nitrogens with one attached hydrogen (secondary N) is 1. The van der Waals surface area contributed by atoms with E-state index in [1.165, 1.54) is 28.4 Å². The molecule has 172 valence electrons. The minimum atomic E-state index is -0.366. The summed E-state index contributed by atoms with van der Waals surface area (Å²) in [5.41, 5.74) is 1.51. The van der Waals surface area contributed by atoms with Crippen molar-refractivity contribution >= 4 is 52.2 Å². The average molecular weight is 513 g/mol. The number of carbonyl (C=O) groups excluding carboxylic acids is 2. The van der Waals surface area contributed by atoms with Crippen LogP contribution in [0.5, 0.6) is 0 Å². The van der Waals surface area contributed by atoms with Gasteiger partial charge in [0, 0.05) is 21.1 Å². The highest BCUT2D eigenvalue weighted by atomic mass is 35.5. The van der Waals surface area contributed by atoms with Crippen LogP contribution in [0.2, 0.25) is 5.02 Å². The first-order valence-corrected chi connectivity index (χ1v) is 13.3. The maximum atomic E-state index is 13.7. The Bertz CT molecular complexity index is 1400. The number of carbonyl (C=O) groups is 2. The van der Waals surface area contributed by atoms with Crippen LogP contribution in [-0.2, 0) is 9.59 Å². The summed E-state index contributed by atoms with van der Waals surface area (Å²) in [5.74, 6) is -1.21. The van der Waals surface area contributed by atoms with Crippen molar-refractivity contribution in [2.45, 2.75) is 22.6 Å². The number of aromatic nitrogens is 1. The number of fused-ring (bicyclic) bond motifs is 9. The Hall–Kier alpha value is -2.42. The van der Waals surface area contributed by atoms with E-state index >= 15 is 0 Å². The van der Waals surface area contributed by atoms with Crippen molar-refractivity contribution < 1.29 is 14.0 Å². The highest BCUT2D eigenvalue weighted by Gasteiger charge is 2.69. The maximum absolute atomic E-state index is 13.7. The number of aromatic amines is 1. The number of amides is 2. The zero-order valence-corrected chi connectivity index (χ0v) is 20.0. The fourth-order valence-corrected chi connectivity index (χ4v) is 9.92. The van der Waals surface area contributed by atoms with Crippen LogP contribution in [0.1, 0.15) is 22.8 Å². The van der Waals surface area contributed by atoms with Gasteiger partial charge in [-0.05, 0) is 66.1 Å². The summed E-state index contributed by atoms with van der Waals surface area (Å²) in [6, 6.07) is 13.3. The molecule has 7 atom stereocenters. The summed E-state index contributed by atoms with van der Waals surface area (Å²) in [5, 5.41) is 1.51. The summed E-state index contributed by atoms with van der Waals surface area (Å²) in [6.07, 6.45) is 0.820. The smallest absolute Gasteiger partial charge is 0.305 e. The van der Waals surface area contributed by atoms with Crippen molar-refractivity contribution in [2.24, 2.45) is 29.6 Å². The van der Waals surface area contributed by atoms with E-state index < -0.39 is 0 Å². The fraction of sp³-hybridized carbons (Fsp3) is 0.320. The highest BCUT2D eigenvalue weighted by Crippen LogP contribution is 2.68. The molecule has 2 saturated carbocycles. The Kier molecular flexibility index (Phi) is 4.48. The van der Waals surface area contributed by atoms with Crippen LogP contribution in [0.4, 0.5) is 10.1 Å². The number of hydrogen-bond donors (Lipinski definition) is 1. The molecule has 2 aromatic carbocycles. The molecule has 7 rings (SSSR count). The lowest BCUT2D eigenvalue weighted by molar-refractivity contribution is -0.123. The molecule has 2 aliphatic heterocycles. The van der Waals surface area contributed by atoms with Crippen LogP contribution in [0.25, 0.3) is 0 Å². The van der Waals surface area contributed by atoms with Crippen molar-refractivity contribution in [3.8, 4) is 0 Å². The van der Waals surface area contributed by atoms with Crippen LogP contribution in [0.15, 0.2) is 58.4 Å². The third-order valence-electron chi connectivity index (χ3n) is 8.04. The van der Waals surface area contributed by atoms with Gasteiger partial charge in [0.15, 0.2) is 0 Å². The van der Waals surface area contributed by atoms with E-state index in [1.807, 2.05) is 0 Å². The second-order valence-corrected chi connectivity index (χ2v) is 12.1. The topological polar surface area (TPSA) is 70.2 Å². The fourth-order valence-electron chi connectivity index (χ4n) is 6.90. The number of anilines is 1. The van der Waals surface area contributed by atoms with Crippen LogP contribution in [0, 0.1) is 35.4 Å². The second-order valence-electron chi connectivity index (χ2n) is 9.50. The predicted molar refractivity (Wildman–Crippen MR) is 129 cm³/mol. The molecule has 0 spiro atoms. The number of thioether (sulfide) groups is 1. The van der Waals surface area contributed by atoms with Crippen molar-refractivity contribution in [3.05, 3.63) is 79.5 Å². The molecule has 9 heteroatoms. The van der Waals surface area contributed by atoms with Gasteiger partial charge in [-0.3, -0.25) is 19.3 Å². The van der Waals surface area contributed by atoms with Gasteiger partial charge in [-0.15, -0.1) is 11.8 Å². The van der Waals surface area contributed by atoms with Gasteiger partial charge in [0.25, 0.3) is 0 Å². The molecule has 1 N–H and O–H groups in total. The number of imide groups is 1. The summed E-state index contributed by atoms with van der Waals surface area (Å²) < 4.78 is 13.7. The molecule has 3 aromatic rings. The van der Waals surface area contributed by atoms with E-state index in [0.717, 1.165) is 21.9 Å². The zero-order chi connectivity index (χ0) is 23.3. The Morgan fingerprint density at radius 3 is 2.32 bits per heavy atom. The lowest BCUT2D eigenvalue weighted by Crippen LogP contribution is -2.42. The van der Waals surface area contributed by atoms with Gasteiger partial charge in [-0.25, -0.2) is 4.39 Å². The van der Waals surface area contributed by atoms with Crippen molar-refractivity contribution in [2.75, 3.05) is 4.90 Å². The van der Waals surface area contributed by atoms with E-state index in [1.54, 1.807) is 48.2 Å². The van der Waals surface area contributed by atoms with Crippen LogP contribution >= 0.6 is 34.7 Å². The highest BCUT2D eigenvalue weighted by molar-refractivity contribution is 8.00. The molecule has 34 heavy (non-hydrogen) atoms. The summed E-state index contributed by atoms with van der Waals surface area (Å²) in [7, 11) is 0. The standard InChI is InChI=1S/C25H18ClFN2O3S2/c26-11-3-7-13(8-4-11)29-23(30)18-14-9-15(19(18)24(29)31)20-17(14)16(10-1-5-12(27)6-2-10)21-22(33-20)28-25(32)34-21/h1-8,14-20H,9H2,(H,28,32)/t14-,15-,16-,17-,18+,19-,20+/m1/s1. The third-order valence-corrected chi connectivity index (χ3v) is 10.9. The van der Waals surface area contributed by atoms with Crippen molar-refractivity contribution in [3.63, 3.8) is 0 Å². The zero-order valence-electron chi connectivity index (χ0n) is 17.6. The number of H-pyrrole nitrogens is 1. The molecule has 4 aliphatic rings. The molecule has 2 aliphatic carbocycles. The first-order chi connectivity index (χ1) is 16.4. The lowest BCUT2D eigenvalue weighted by atomic mass is 9.68. The molecule has 3 fully saturated rings. The molecular weight excluding hydrogens is 495 g/mol. The molecule has 5 nitrogen and oxygen atoms in total. The first kappa shape index (κ1) is 20.9. The van der Waals surface area contributed by atoms with Crippen molar-refractivity contribution in [1.29, 1.82) is 0 Å². The quantitative estimate of drug-likeness (QED) is 0.495. The summed E-state index contributed by atoms with van der Waals surface area (Å²) >= 11 is 8.86.